The smallest absolute Gasteiger partial charge is 0.254 e. The van der Waals surface area contributed by atoms with E-state index in [0.29, 0.717) is 38.4 Å². The maximum atomic E-state index is 12.7. The normalized spacial score (nSPS) is 14.6. The first-order valence-electron chi connectivity index (χ1n) is 12.6. The molecule has 0 bridgehead atoms. The molecule has 2 heterocycles. The Morgan fingerprint density at radius 3 is 2.65 bits per heavy atom. The highest BCUT2D eigenvalue weighted by Gasteiger charge is 2.17. The van der Waals surface area contributed by atoms with Crippen LogP contribution in [0.5, 0.6) is 5.75 Å². The Balaban J connectivity index is 1.86. The Morgan fingerprint density at radius 2 is 1.97 bits per heavy atom. The summed E-state index contributed by atoms with van der Waals surface area (Å²) in [5.74, 6) is 1.27. The van der Waals surface area contributed by atoms with Crippen LogP contribution in [0.1, 0.15) is 44.0 Å². The molecular weight excluding hydrogens is 432 g/mol. The summed E-state index contributed by atoms with van der Waals surface area (Å²) in [6.07, 6.45) is 2.26. The Labute approximate surface area is 202 Å². The van der Waals surface area contributed by atoms with E-state index in [0.717, 1.165) is 73.9 Å². The largest absolute Gasteiger partial charge is 0.493 e. The number of morpholine rings is 1. The van der Waals surface area contributed by atoms with Gasteiger partial charge in [-0.1, -0.05) is 26.8 Å². The van der Waals surface area contributed by atoms with Crippen molar-refractivity contribution in [3.63, 3.8) is 0 Å². The second kappa shape index (κ2) is 13.6. The third kappa shape index (κ3) is 7.12. The fraction of sp³-hybridized carbons (Fsp3) is 0.615. The number of aliphatic hydroxyl groups excluding tert-OH is 1. The van der Waals surface area contributed by atoms with Gasteiger partial charge >= 0.3 is 0 Å². The van der Waals surface area contributed by atoms with E-state index in [-0.39, 0.29) is 12.2 Å². The van der Waals surface area contributed by atoms with Gasteiger partial charge in [0.2, 0.25) is 0 Å². The van der Waals surface area contributed by atoms with Gasteiger partial charge < -0.3 is 19.6 Å². The highest BCUT2D eigenvalue weighted by Crippen LogP contribution is 2.29. The number of hydrogen-bond acceptors (Lipinski definition) is 7. The Kier molecular flexibility index (Phi) is 10.5. The summed E-state index contributed by atoms with van der Waals surface area (Å²) in [6, 6.07) is 6.10. The van der Waals surface area contributed by atoms with Crippen molar-refractivity contribution >= 4 is 0 Å². The van der Waals surface area contributed by atoms with E-state index in [1.807, 2.05) is 19.9 Å². The molecule has 1 aliphatic heterocycles. The van der Waals surface area contributed by atoms with Crippen molar-refractivity contribution in [2.75, 3.05) is 59.2 Å². The summed E-state index contributed by atoms with van der Waals surface area (Å²) < 4.78 is 11.5. The van der Waals surface area contributed by atoms with Crippen LogP contribution in [0, 0.1) is 0 Å². The van der Waals surface area contributed by atoms with Crippen molar-refractivity contribution in [3.8, 4) is 17.1 Å². The summed E-state index contributed by atoms with van der Waals surface area (Å²) in [5.41, 5.74) is 3.40. The van der Waals surface area contributed by atoms with Crippen LogP contribution >= 0.6 is 0 Å². The SMILES string of the molecule is CCCOc1ccc(CN(CCO)CCN2CCOCC2)cc1-c1nc(CC)c(CC)c(=O)[nH]1. The summed E-state index contributed by atoms with van der Waals surface area (Å²) in [7, 11) is 0. The van der Waals surface area contributed by atoms with Gasteiger partial charge in [0, 0.05) is 44.8 Å². The number of benzene rings is 1. The Bertz CT molecular complexity index is 956. The molecule has 3 rings (SSSR count). The monoisotopic (exact) mass is 472 g/mol. The first-order chi connectivity index (χ1) is 16.6. The van der Waals surface area contributed by atoms with Crippen LogP contribution in [0.3, 0.4) is 0 Å². The highest BCUT2D eigenvalue weighted by molar-refractivity contribution is 5.65. The van der Waals surface area contributed by atoms with Crippen molar-refractivity contribution in [2.45, 2.75) is 46.6 Å². The molecule has 1 aromatic heterocycles. The number of aryl methyl sites for hydroxylation is 1. The van der Waals surface area contributed by atoms with Crippen molar-refractivity contribution in [1.82, 2.24) is 19.8 Å². The molecule has 2 N–H and O–H groups in total. The fourth-order valence-electron chi connectivity index (χ4n) is 4.30. The first-order valence-corrected chi connectivity index (χ1v) is 12.6. The summed E-state index contributed by atoms with van der Waals surface area (Å²) in [4.78, 5) is 25.2. The molecule has 0 amide bonds. The van der Waals surface area contributed by atoms with Gasteiger partial charge in [-0.05, 0) is 37.0 Å². The number of nitrogens with zero attached hydrogens (tertiary/aromatic N) is 3. The van der Waals surface area contributed by atoms with Crippen molar-refractivity contribution < 1.29 is 14.6 Å². The molecule has 8 heteroatoms. The van der Waals surface area contributed by atoms with Gasteiger partial charge in [-0.3, -0.25) is 14.6 Å². The molecule has 34 heavy (non-hydrogen) atoms. The second-order valence-corrected chi connectivity index (χ2v) is 8.68. The maximum Gasteiger partial charge on any atom is 0.254 e. The van der Waals surface area contributed by atoms with Gasteiger partial charge in [0.15, 0.2) is 0 Å². The van der Waals surface area contributed by atoms with Crippen LogP contribution < -0.4 is 10.3 Å². The standard InChI is InChI=1S/C26H40N4O4/c1-4-15-34-24-8-7-20(19-30(11-14-31)10-9-29-12-16-33-17-13-29)18-22(24)25-27-23(6-3)21(5-2)26(32)28-25/h7-8,18,31H,4-6,9-17,19H2,1-3H3,(H,27,28,32). The van der Waals surface area contributed by atoms with Gasteiger partial charge in [0.1, 0.15) is 11.6 Å². The number of aromatic amines is 1. The van der Waals surface area contributed by atoms with E-state index in [1.54, 1.807) is 0 Å². The zero-order chi connectivity index (χ0) is 24.3. The molecule has 1 fully saturated rings. The van der Waals surface area contributed by atoms with E-state index in [1.165, 1.54) is 0 Å². The van der Waals surface area contributed by atoms with Crippen LogP contribution in [-0.2, 0) is 24.1 Å². The van der Waals surface area contributed by atoms with E-state index in [4.69, 9.17) is 14.5 Å². The summed E-state index contributed by atoms with van der Waals surface area (Å²) >= 11 is 0. The fourth-order valence-corrected chi connectivity index (χ4v) is 4.30. The lowest BCUT2D eigenvalue weighted by Gasteiger charge is -2.30. The molecule has 188 valence electrons. The van der Waals surface area contributed by atoms with Gasteiger partial charge in [-0.2, -0.15) is 0 Å². The minimum Gasteiger partial charge on any atom is -0.493 e. The number of hydrogen-bond donors (Lipinski definition) is 2. The van der Waals surface area contributed by atoms with Crippen LogP contribution in [0.4, 0.5) is 0 Å². The minimum atomic E-state index is -0.0800. The number of rotatable bonds is 13. The topological polar surface area (TPSA) is 90.9 Å². The number of ether oxygens (including phenoxy) is 2. The van der Waals surface area contributed by atoms with Crippen LogP contribution in [-0.4, -0.2) is 84.0 Å². The Morgan fingerprint density at radius 1 is 1.18 bits per heavy atom. The zero-order valence-corrected chi connectivity index (χ0v) is 20.9. The third-order valence-corrected chi connectivity index (χ3v) is 6.21. The molecule has 0 radical (unpaired) electrons. The third-order valence-electron chi connectivity index (χ3n) is 6.21. The zero-order valence-electron chi connectivity index (χ0n) is 20.9. The molecular formula is C26H40N4O4. The number of aliphatic hydroxyl groups is 1. The minimum absolute atomic E-state index is 0.0800. The number of aromatic nitrogens is 2. The van der Waals surface area contributed by atoms with Crippen LogP contribution in [0.15, 0.2) is 23.0 Å². The van der Waals surface area contributed by atoms with Gasteiger partial charge in [0.25, 0.3) is 5.56 Å². The Hall–Kier alpha value is -2.26. The van der Waals surface area contributed by atoms with Gasteiger partial charge in [0.05, 0.1) is 37.7 Å². The lowest BCUT2D eigenvalue weighted by atomic mass is 10.1. The summed E-state index contributed by atoms with van der Waals surface area (Å²) in [6.45, 7) is 13.4. The van der Waals surface area contributed by atoms with E-state index in [9.17, 15) is 9.90 Å². The predicted molar refractivity (Wildman–Crippen MR) is 134 cm³/mol. The van der Waals surface area contributed by atoms with Gasteiger partial charge in [-0.25, -0.2) is 4.98 Å². The van der Waals surface area contributed by atoms with E-state index in [2.05, 4.69) is 33.8 Å². The van der Waals surface area contributed by atoms with Crippen LogP contribution in [0.2, 0.25) is 0 Å². The first kappa shape index (κ1) is 26.3. The maximum absolute atomic E-state index is 12.7. The molecule has 0 unspecified atom stereocenters. The van der Waals surface area contributed by atoms with Crippen LogP contribution in [0.25, 0.3) is 11.4 Å². The molecule has 1 aromatic carbocycles. The van der Waals surface area contributed by atoms with E-state index < -0.39 is 0 Å². The molecule has 0 aliphatic carbocycles. The van der Waals surface area contributed by atoms with Crippen molar-refractivity contribution in [1.29, 1.82) is 0 Å². The lowest BCUT2D eigenvalue weighted by molar-refractivity contribution is 0.0320. The average Bonchev–Trinajstić information content (AvgIpc) is 2.86. The average molecular weight is 473 g/mol. The predicted octanol–water partition coefficient (Wildman–Crippen LogP) is 2.48. The molecule has 1 saturated heterocycles. The molecule has 1 aliphatic rings. The number of nitrogens with one attached hydrogen (secondary N) is 1. The second-order valence-electron chi connectivity index (χ2n) is 8.68. The van der Waals surface area contributed by atoms with Gasteiger partial charge in [-0.15, -0.1) is 0 Å². The molecule has 8 nitrogen and oxygen atoms in total. The molecule has 0 spiro atoms. The lowest BCUT2D eigenvalue weighted by Crippen LogP contribution is -2.41. The highest BCUT2D eigenvalue weighted by atomic mass is 16.5. The van der Waals surface area contributed by atoms with E-state index >= 15 is 0 Å². The quantitative estimate of drug-likeness (QED) is 0.463. The van der Waals surface area contributed by atoms with Crippen molar-refractivity contribution in [2.24, 2.45) is 0 Å². The molecule has 0 saturated carbocycles. The number of H-pyrrole nitrogens is 1. The molecule has 2 aromatic rings. The van der Waals surface area contributed by atoms with Crippen molar-refractivity contribution in [3.05, 3.63) is 45.4 Å². The summed E-state index contributed by atoms with van der Waals surface area (Å²) in [5, 5.41) is 9.62. The molecule has 0 atom stereocenters.